The zero-order chi connectivity index (χ0) is 11.7. The fourth-order valence-electron chi connectivity index (χ4n) is 2.47. The molecule has 2 fully saturated rings. The van der Waals surface area contributed by atoms with Crippen LogP contribution in [0.25, 0.3) is 0 Å². The molecule has 0 radical (unpaired) electrons. The number of carbonyl (C=O) groups is 3. The molecule has 4 amide bonds. The Morgan fingerprint density at radius 3 is 2.50 bits per heavy atom. The van der Waals surface area contributed by atoms with Crippen LogP contribution >= 0.6 is 0 Å². The van der Waals surface area contributed by atoms with Crippen LogP contribution in [0.4, 0.5) is 4.79 Å². The van der Waals surface area contributed by atoms with E-state index >= 15 is 0 Å². The first-order chi connectivity index (χ1) is 7.59. The van der Waals surface area contributed by atoms with Gasteiger partial charge in [-0.3, -0.25) is 19.8 Å². The highest BCUT2D eigenvalue weighted by atomic mass is 16.2. The van der Waals surface area contributed by atoms with E-state index in [1.807, 2.05) is 5.32 Å². The van der Waals surface area contributed by atoms with Gasteiger partial charge < -0.3 is 0 Å². The molecule has 0 aromatic carbocycles. The fourth-order valence-corrected chi connectivity index (χ4v) is 2.47. The van der Waals surface area contributed by atoms with Crippen molar-refractivity contribution in [3.05, 3.63) is 0 Å². The lowest BCUT2D eigenvalue weighted by atomic mass is 10.0. The largest absolute Gasteiger partial charge is 0.331 e. The number of nitrogens with zero attached hydrogens (tertiary/aromatic N) is 1. The maximum absolute atomic E-state index is 11.5. The van der Waals surface area contributed by atoms with Crippen LogP contribution in [-0.4, -0.2) is 28.8 Å². The minimum Gasteiger partial charge on any atom is -0.269 e. The standard InChI is InChI=1S/C11H16N2O3/c1-7-3-2-4-8(6-5-7)13-10(15)9(14)12-11(13)16/h7-8H,2-6H2,1H3,(H,12,14,16). The summed E-state index contributed by atoms with van der Waals surface area (Å²) in [5.74, 6) is -0.840. The van der Waals surface area contributed by atoms with Gasteiger partial charge in [-0.15, -0.1) is 0 Å². The van der Waals surface area contributed by atoms with Crippen molar-refractivity contribution in [2.24, 2.45) is 5.92 Å². The van der Waals surface area contributed by atoms with Crippen LogP contribution in [0, 0.1) is 5.92 Å². The van der Waals surface area contributed by atoms with Gasteiger partial charge in [0.05, 0.1) is 0 Å². The normalized spacial score (nSPS) is 31.6. The van der Waals surface area contributed by atoms with Crippen LogP contribution in [0.1, 0.15) is 39.0 Å². The second-order valence-electron chi connectivity index (χ2n) is 4.70. The lowest BCUT2D eigenvalue weighted by Gasteiger charge is -2.22. The Balaban J connectivity index is 2.09. The van der Waals surface area contributed by atoms with Gasteiger partial charge in [-0.1, -0.05) is 19.8 Å². The van der Waals surface area contributed by atoms with Crippen molar-refractivity contribution in [2.45, 2.75) is 45.1 Å². The number of nitrogens with one attached hydrogen (secondary N) is 1. The summed E-state index contributed by atoms with van der Waals surface area (Å²) in [6.45, 7) is 2.18. The van der Waals surface area contributed by atoms with Crippen molar-refractivity contribution in [3.63, 3.8) is 0 Å². The lowest BCUT2D eigenvalue weighted by molar-refractivity contribution is -0.141. The SMILES string of the molecule is CC1CCCC(N2C(=O)NC(=O)C2=O)CC1. The molecular weight excluding hydrogens is 208 g/mol. The first kappa shape index (κ1) is 11.1. The van der Waals surface area contributed by atoms with Crippen molar-refractivity contribution in [2.75, 3.05) is 0 Å². The molecule has 1 saturated carbocycles. The van der Waals surface area contributed by atoms with E-state index in [2.05, 4.69) is 6.92 Å². The molecule has 16 heavy (non-hydrogen) atoms. The van der Waals surface area contributed by atoms with E-state index in [9.17, 15) is 14.4 Å². The van der Waals surface area contributed by atoms with Crippen molar-refractivity contribution in [1.82, 2.24) is 10.2 Å². The van der Waals surface area contributed by atoms with Crippen LogP contribution in [0.2, 0.25) is 0 Å². The summed E-state index contributed by atoms with van der Waals surface area (Å²) in [4.78, 5) is 35.1. The summed E-state index contributed by atoms with van der Waals surface area (Å²) in [6, 6.07) is -0.640. The number of carbonyl (C=O) groups excluding carboxylic acids is 3. The van der Waals surface area contributed by atoms with Crippen LogP contribution in [0.3, 0.4) is 0 Å². The summed E-state index contributed by atoms with van der Waals surface area (Å²) in [5, 5.41) is 2.04. The van der Waals surface area contributed by atoms with E-state index in [1.54, 1.807) is 0 Å². The van der Waals surface area contributed by atoms with Crippen LogP contribution < -0.4 is 5.32 Å². The number of hydrogen-bond donors (Lipinski definition) is 1. The highest BCUT2D eigenvalue weighted by Gasteiger charge is 2.41. The molecule has 1 aliphatic heterocycles. The van der Waals surface area contributed by atoms with Gasteiger partial charge in [0.2, 0.25) is 0 Å². The molecule has 1 heterocycles. The molecule has 5 nitrogen and oxygen atoms in total. The molecule has 2 unspecified atom stereocenters. The van der Waals surface area contributed by atoms with Crippen molar-refractivity contribution in [1.29, 1.82) is 0 Å². The molecule has 0 aromatic rings. The predicted molar refractivity (Wildman–Crippen MR) is 56.4 cm³/mol. The Kier molecular flexibility index (Phi) is 2.94. The first-order valence-corrected chi connectivity index (χ1v) is 5.78. The Hall–Kier alpha value is -1.39. The quantitative estimate of drug-likeness (QED) is 0.411. The van der Waals surface area contributed by atoms with E-state index in [-0.39, 0.29) is 6.04 Å². The summed E-state index contributed by atoms with van der Waals surface area (Å²) in [6.07, 6.45) is 4.78. The number of urea groups is 1. The number of imide groups is 2. The minimum absolute atomic E-state index is 0.0936. The molecular formula is C11H16N2O3. The molecule has 88 valence electrons. The first-order valence-electron chi connectivity index (χ1n) is 5.78. The van der Waals surface area contributed by atoms with Gasteiger partial charge in [0.15, 0.2) is 0 Å². The third-order valence-corrected chi connectivity index (χ3v) is 3.44. The average Bonchev–Trinajstić information content (AvgIpc) is 2.42. The second kappa shape index (κ2) is 4.23. The molecule has 5 heteroatoms. The van der Waals surface area contributed by atoms with Crippen LogP contribution in [0.5, 0.6) is 0 Å². The van der Waals surface area contributed by atoms with E-state index in [1.165, 1.54) is 0 Å². The van der Waals surface area contributed by atoms with Crippen molar-refractivity contribution >= 4 is 17.8 Å². The third kappa shape index (κ3) is 1.94. The van der Waals surface area contributed by atoms with Gasteiger partial charge in [0.1, 0.15) is 0 Å². The van der Waals surface area contributed by atoms with Gasteiger partial charge in [-0.25, -0.2) is 4.79 Å². The zero-order valence-corrected chi connectivity index (χ0v) is 9.36. The van der Waals surface area contributed by atoms with Gasteiger partial charge in [-0.2, -0.15) is 0 Å². The number of hydrogen-bond acceptors (Lipinski definition) is 3. The molecule has 2 atom stereocenters. The number of amides is 4. The summed E-state index contributed by atoms with van der Waals surface area (Å²) in [5.41, 5.74) is 0. The number of rotatable bonds is 1. The Bertz CT molecular complexity index is 340. The smallest absolute Gasteiger partial charge is 0.269 e. The Labute approximate surface area is 94.2 Å². The molecule has 1 N–H and O–H groups in total. The van der Waals surface area contributed by atoms with Gasteiger partial charge in [-0.05, 0) is 25.2 Å². The Morgan fingerprint density at radius 2 is 1.88 bits per heavy atom. The summed E-state index contributed by atoms with van der Waals surface area (Å²) >= 11 is 0. The van der Waals surface area contributed by atoms with E-state index in [4.69, 9.17) is 0 Å². The highest BCUT2D eigenvalue weighted by molar-refractivity contribution is 6.44. The van der Waals surface area contributed by atoms with Crippen molar-refractivity contribution in [3.8, 4) is 0 Å². The molecule has 0 aromatic heterocycles. The minimum atomic E-state index is -0.790. The van der Waals surface area contributed by atoms with Crippen LogP contribution in [-0.2, 0) is 9.59 Å². The summed E-state index contributed by atoms with van der Waals surface area (Å²) in [7, 11) is 0. The molecule has 2 aliphatic rings. The predicted octanol–water partition coefficient (Wildman–Crippen LogP) is 1.03. The molecule has 0 spiro atoms. The van der Waals surface area contributed by atoms with Gasteiger partial charge in [0, 0.05) is 6.04 Å². The van der Waals surface area contributed by atoms with E-state index in [0.29, 0.717) is 5.92 Å². The van der Waals surface area contributed by atoms with Crippen molar-refractivity contribution < 1.29 is 14.4 Å². The molecule has 1 saturated heterocycles. The fraction of sp³-hybridized carbons (Fsp3) is 0.727. The molecule has 1 aliphatic carbocycles. The average molecular weight is 224 g/mol. The second-order valence-corrected chi connectivity index (χ2v) is 4.70. The van der Waals surface area contributed by atoms with Gasteiger partial charge in [0.25, 0.3) is 0 Å². The topological polar surface area (TPSA) is 66.5 Å². The lowest BCUT2D eigenvalue weighted by Crippen LogP contribution is -2.40. The van der Waals surface area contributed by atoms with E-state index < -0.39 is 17.8 Å². The van der Waals surface area contributed by atoms with E-state index in [0.717, 1.165) is 37.0 Å². The third-order valence-electron chi connectivity index (χ3n) is 3.44. The van der Waals surface area contributed by atoms with Gasteiger partial charge >= 0.3 is 17.8 Å². The maximum Gasteiger partial charge on any atom is 0.331 e. The zero-order valence-electron chi connectivity index (χ0n) is 9.36. The Morgan fingerprint density at radius 1 is 1.12 bits per heavy atom. The monoisotopic (exact) mass is 224 g/mol. The highest BCUT2D eigenvalue weighted by Crippen LogP contribution is 2.26. The molecule has 2 rings (SSSR count). The summed E-state index contributed by atoms with van der Waals surface area (Å²) < 4.78 is 0. The molecule has 0 bridgehead atoms. The van der Waals surface area contributed by atoms with Crippen LogP contribution in [0.15, 0.2) is 0 Å². The maximum atomic E-state index is 11.5.